The molecule has 2 N–H and O–H groups in total. The summed E-state index contributed by atoms with van der Waals surface area (Å²) in [5.74, 6) is -0.832. The zero-order valence-electron chi connectivity index (χ0n) is 18.0. The van der Waals surface area contributed by atoms with E-state index in [9.17, 15) is 14.0 Å². The minimum absolute atomic E-state index is 0.0209. The van der Waals surface area contributed by atoms with E-state index in [2.05, 4.69) is 18.2 Å². The first-order valence-corrected chi connectivity index (χ1v) is 10.9. The van der Waals surface area contributed by atoms with Gasteiger partial charge in [-0.15, -0.1) is 0 Å². The highest BCUT2D eigenvalue weighted by Gasteiger charge is 2.41. The maximum atomic E-state index is 13.9. The monoisotopic (exact) mass is 430 g/mol. The van der Waals surface area contributed by atoms with Crippen LogP contribution in [0.25, 0.3) is 11.1 Å². The van der Waals surface area contributed by atoms with Crippen molar-refractivity contribution in [2.24, 2.45) is 11.1 Å². The Morgan fingerprint density at radius 1 is 0.844 bits per heavy atom. The van der Waals surface area contributed by atoms with Gasteiger partial charge in [0.2, 0.25) is 11.8 Å². The highest BCUT2D eigenvalue weighted by atomic mass is 19.1. The molecular formula is C27H27FN2O2. The number of halogens is 1. The number of primary amides is 1. The molecule has 1 heterocycles. The summed E-state index contributed by atoms with van der Waals surface area (Å²) in [6, 6.07) is 24.5. The van der Waals surface area contributed by atoms with Crippen LogP contribution in [0.3, 0.4) is 0 Å². The van der Waals surface area contributed by atoms with Crippen molar-refractivity contribution in [1.29, 1.82) is 0 Å². The van der Waals surface area contributed by atoms with Crippen LogP contribution in [-0.4, -0.2) is 29.8 Å². The summed E-state index contributed by atoms with van der Waals surface area (Å²) in [6.07, 6.45) is 1.54. The topological polar surface area (TPSA) is 63.4 Å². The molecule has 3 aromatic rings. The Kier molecular flexibility index (Phi) is 6.35. The summed E-state index contributed by atoms with van der Waals surface area (Å²) in [5.41, 5.74) is 8.85. The molecule has 0 radical (unpaired) electrons. The van der Waals surface area contributed by atoms with E-state index in [1.165, 1.54) is 6.07 Å². The molecule has 0 atom stereocenters. The van der Waals surface area contributed by atoms with Crippen molar-refractivity contribution < 1.29 is 14.0 Å². The third-order valence-corrected chi connectivity index (χ3v) is 6.53. The first kappa shape index (κ1) is 21.8. The second kappa shape index (κ2) is 9.35. The van der Waals surface area contributed by atoms with E-state index >= 15 is 0 Å². The Labute approximate surface area is 187 Å². The first-order chi connectivity index (χ1) is 15.5. The number of carbonyl (C=O) groups is 2. The lowest BCUT2D eigenvalue weighted by molar-refractivity contribution is -0.138. The minimum atomic E-state index is -0.709. The van der Waals surface area contributed by atoms with Gasteiger partial charge in [0, 0.05) is 13.1 Å². The molecule has 0 spiro atoms. The molecule has 4 rings (SSSR count). The number of hydrogen-bond acceptors (Lipinski definition) is 2. The van der Waals surface area contributed by atoms with Crippen LogP contribution in [0.1, 0.15) is 24.0 Å². The third-order valence-electron chi connectivity index (χ3n) is 6.53. The summed E-state index contributed by atoms with van der Waals surface area (Å²) >= 11 is 0. The van der Waals surface area contributed by atoms with Crippen LogP contribution in [0.2, 0.25) is 0 Å². The predicted octanol–water partition coefficient (Wildman–Crippen LogP) is 4.37. The third kappa shape index (κ3) is 4.57. The number of nitrogens with two attached hydrogens (primary N) is 1. The summed E-state index contributed by atoms with van der Waals surface area (Å²) in [5, 5.41) is 0. The van der Waals surface area contributed by atoms with Crippen molar-refractivity contribution in [3.8, 4) is 11.1 Å². The second-order valence-corrected chi connectivity index (χ2v) is 8.49. The Hall–Kier alpha value is -3.47. The Morgan fingerprint density at radius 2 is 1.44 bits per heavy atom. The van der Waals surface area contributed by atoms with E-state index in [0.29, 0.717) is 37.9 Å². The van der Waals surface area contributed by atoms with Gasteiger partial charge in [-0.1, -0.05) is 72.8 Å². The quantitative estimate of drug-likeness (QED) is 0.631. The van der Waals surface area contributed by atoms with Crippen molar-refractivity contribution in [3.05, 3.63) is 95.8 Å². The van der Waals surface area contributed by atoms with Gasteiger partial charge >= 0.3 is 0 Å². The molecule has 32 heavy (non-hydrogen) atoms. The van der Waals surface area contributed by atoms with E-state index in [-0.39, 0.29) is 24.1 Å². The number of carbonyl (C=O) groups excluding carboxylic acids is 2. The standard InChI is InChI=1S/C27H27FN2O2/c28-24-13-7-5-10-21(24)18-25(31)30-16-14-27(15-17-30,26(29)32)19-22-11-4-6-12-23(22)20-8-2-1-3-9-20/h1-13H,14-19H2,(H2,29,32). The van der Waals surface area contributed by atoms with Crippen molar-refractivity contribution in [2.45, 2.75) is 25.7 Å². The molecule has 0 aromatic heterocycles. The van der Waals surface area contributed by atoms with Crippen LogP contribution in [0, 0.1) is 11.2 Å². The van der Waals surface area contributed by atoms with Crippen molar-refractivity contribution in [3.63, 3.8) is 0 Å². The molecule has 0 aliphatic carbocycles. The first-order valence-electron chi connectivity index (χ1n) is 10.9. The fourth-order valence-corrected chi connectivity index (χ4v) is 4.55. The molecule has 1 saturated heterocycles. The van der Waals surface area contributed by atoms with Crippen LogP contribution in [0.5, 0.6) is 0 Å². The SMILES string of the molecule is NC(=O)C1(Cc2ccccc2-c2ccccc2)CCN(C(=O)Cc2ccccc2F)CC1. The predicted molar refractivity (Wildman–Crippen MR) is 123 cm³/mol. The summed E-state index contributed by atoms with van der Waals surface area (Å²) in [6.45, 7) is 0.869. The zero-order chi connectivity index (χ0) is 22.6. The molecule has 0 unspecified atom stereocenters. The molecule has 3 aromatic carbocycles. The maximum Gasteiger partial charge on any atom is 0.227 e. The van der Waals surface area contributed by atoms with E-state index < -0.39 is 5.41 Å². The smallest absolute Gasteiger partial charge is 0.227 e. The molecule has 1 aliphatic rings. The number of amides is 2. The van der Waals surface area contributed by atoms with Gasteiger partial charge in [0.15, 0.2) is 0 Å². The average Bonchev–Trinajstić information content (AvgIpc) is 2.82. The molecule has 1 aliphatic heterocycles. The molecule has 0 bridgehead atoms. The van der Waals surface area contributed by atoms with Crippen molar-refractivity contribution in [2.75, 3.05) is 13.1 Å². The number of benzene rings is 3. The van der Waals surface area contributed by atoms with E-state index in [0.717, 1.165) is 16.7 Å². The summed E-state index contributed by atoms with van der Waals surface area (Å²) < 4.78 is 13.9. The van der Waals surface area contributed by atoms with Gasteiger partial charge in [-0.25, -0.2) is 4.39 Å². The lowest BCUT2D eigenvalue weighted by atomic mass is 9.72. The Bertz CT molecular complexity index is 1110. The Balaban J connectivity index is 1.50. The molecule has 164 valence electrons. The van der Waals surface area contributed by atoms with Gasteiger partial charge < -0.3 is 10.6 Å². The average molecular weight is 431 g/mol. The highest BCUT2D eigenvalue weighted by Crippen LogP contribution is 2.38. The summed E-state index contributed by atoms with van der Waals surface area (Å²) in [7, 11) is 0. The zero-order valence-corrected chi connectivity index (χ0v) is 18.0. The lowest BCUT2D eigenvalue weighted by Gasteiger charge is -2.40. The molecule has 4 nitrogen and oxygen atoms in total. The fraction of sp³-hybridized carbons (Fsp3) is 0.259. The lowest BCUT2D eigenvalue weighted by Crippen LogP contribution is -2.50. The molecule has 5 heteroatoms. The maximum absolute atomic E-state index is 13.9. The van der Waals surface area contributed by atoms with Gasteiger partial charge in [-0.3, -0.25) is 9.59 Å². The van der Waals surface area contributed by atoms with Crippen LogP contribution in [-0.2, 0) is 22.4 Å². The van der Waals surface area contributed by atoms with Gasteiger partial charge in [-0.2, -0.15) is 0 Å². The molecule has 2 amide bonds. The fourth-order valence-electron chi connectivity index (χ4n) is 4.55. The molecule has 1 fully saturated rings. The second-order valence-electron chi connectivity index (χ2n) is 8.49. The van der Waals surface area contributed by atoms with Gasteiger partial charge in [-0.05, 0) is 47.6 Å². The number of rotatable bonds is 6. The number of hydrogen-bond donors (Lipinski definition) is 1. The van der Waals surface area contributed by atoms with Crippen LogP contribution < -0.4 is 5.73 Å². The van der Waals surface area contributed by atoms with E-state index in [1.54, 1.807) is 23.1 Å². The minimum Gasteiger partial charge on any atom is -0.369 e. The van der Waals surface area contributed by atoms with E-state index in [4.69, 9.17) is 5.73 Å². The summed E-state index contributed by atoms with van der Waals surface area (Å²) in [4.78, 5) is 27.1. The normalized spacial score (nSPS) is 15.3. The van der Waals surface area contributed by atoms with Gasteiger partial charge in [0.25, 0.3) is 0 Å². The van der Waals surface area contributed by atoms with Gasteiger partial charge in [0.1, 0.15) is 5.82 Å². The molecular weight excluding hydrogens is 403 g/mol. The molecule has 0 saturated carbocycles. The van der Waals surface area contributed by atoms with Crippen molar-refractivity contribution >= 4 is 11.8 Å². The number of piperidine rings is 1. The highest BCUT2D eigenvalue weighted by molar-refractivity contribution is 5.83. The van der Waals surface area contributed by atoms with Crippen LogP contribution >= 0.6 is 0 Å². The van der Waals surface area contributed by atoms with Crippen molar-refractivity contribution in [1.82, 2.24) is 4.90 Å². The van der Waals surface area contributed by atoms with Crippen LogP contribution in [0.15, 0.2) is 78.9 Å². The Morgan fingerprint density at radius 3 is 2.09 bits per heavy atom. The largest absolute Gasteiger partial charge is 0.369 e. The van der Waals surface area contributed by atoms with Gasteiger partial charge in [0.05, 0.1) is 11.8 Å². The number of nitrogens with zero attached hydrogens (tertiary/aromatic N) is 1. The van der Waals surface area contributed by atoms with Crippen LogP contribution in [0.4, 0.5) is 4.39 Å². The number of likely N-dealkylation sites (tertiary alicyclic amines) is 1. The van der Waals surface area contributed by atoms with E-state index in [1.807, 2.05) is 36.4 Å².